The summed E-state index contributed by atoms with van der Waals surface area (Å²) in [7, 11) is 0. The van der Waals surface area contributed by atoms with Gasteiger partial charge in [0.25, 0.3) is 0 Å². The third-order valence-electron chi connectivity index (χ3n) is 21.0. The lowest BCUT2D eigenvalue weighted by molar-refractivity contribution is 1.07. The standard InChI is InChI=1S/C100H70N8/c1-63-28-36-67(37-29-63)75-44-52-91-85(57-75)86-58-76(68-38-30-64(2)31-39-68)45-53-92(86)107(91)81-48-50-83(89(61-81)99-103-95(71-18-9-5-10-19-71)101-96(104-99)72-20-11-6-12-21-72)79-26-17-27-80(56-79)84-51-49-82(62-90(84)100-105-97(73-22-13-7-14-23-73)102-98(106-100)74-24-15-8-16-25-74)108-93-54-46-77(69-40-32-65(3)33-41-69)59-87(93)88-60-78(47-55-94(88)108)70-42-34-66(4)35-43-70/h5-62H,1-4H3. The molecular weight excluding hydrogens is 1310 g/mol. The van der Waals surface area contributed by atoms with Crippen LogP contribution in [0.25, 0.3) is 190 Å². The van der Waals surface area contributed by atoms with E-state index in [1.54, 1.807) is 0 Å². The summed E-state index contributed by atoms with van der Waals surface area (Å²) in [6.45, 7) is 8.55. The molecular formula is C100H70N8. The second kappa shape index (κ2) is 27.2. The number of aryl methyl sites for hydroxylation is 4. The highest BCUT2D eigenvalue weighted by atomic mass is 15.1. The van der Waals surface area contributed by atoms with E-state index in [1.807, 2.05) is 72.8 Å². The first kappa shape index (κ1) is 64.7. The second-order valence-electron chi connectivity index (χ2n) is 28.2. The van der Waals surface area contributed by atoms with Crippen molar-refractivity contribution in [2.24, 2.45) is 0 Å². The number of benzene rings is 15. The summed E-state index contributed by atoms with van der Waals surface area (Å²) in [5, 5.41) is 4.60. The summed E-state index contributed by atoms with van der Waals surface area (Å²) in [6.07, 6.45) is 0. The van der Waals surface area contributed by atoms with Crippen LogP contribution >= 0.6 is 0 Å². The molecule has 8 nitrogen and oxygen atoms in total. The molecule has 0 aliphatic rings. The van der Waals surface area contributed by atoms with Crippen LogP contribution in [0.15, 0.2) is 352 Å². The highest BCUT2D eigenvalue weighted by molar-refractivity contribution is 6.13. The van der Waals surface area contributed by atoms with Crippen LogP contribution < -0.4 is 0 Å². The first-order valence-corrected chi connectivity index (χ1v) is 36.7. The van der Waals surface area contributed by atoms with E-state index < -0.39 is 0 Å². The molecule has 15 aromatic carbocycles. The number of fused-ring (bicyclic) bond motifs is 6. The van der Waals surface area contributed by atoms with E-state index in [2.05, 4.69) is 316 Å². The van der Waals surface area contributed by atoms with E-state index in [1.165, 1.54) is 44.5 Å². The van der Waals surface area contributed by atoms with Gasteiger partial charge in [-0.15, -0.1) is 0 Å². The number of rotatable bonds is 14. The van der Waals surface area contributed by atoms with Gasteiger partial charge in [-0.1, -0.05) is 295 Å². The van der Waals surface area contributed by atoms with Gasteiger partial charge in [0.2, 0.25) is 0 Å². The highest BCUT2D eigenvalue weighted by Gasteiger charge is 2.25. The molecule has 0 atom stereocenters. The Morgan fingerprint density at radius 2 is 0.407 bits per heavy atom. The molecule has 108 heavy (non-hydrogen) atoms. The van der Waals surface area contributed by atoms with E-state index in [9.17, 15) is 0 Å². The molecule has 510 valence electrons. The zero-order chi connectivity index (χ0) is 72.3. The second-order valence-corrected chi connectivity index (χ2v) is 28.2. The SMILES string of the molecule is Cc1ccc(-c2ccc3c(c2)c2cc(-c4ccc(C)cc4)ccc2n3-c2ccc(-c3cccc(-c4ccc(-n5c6ccc(-c7ccc(C)cc7)cc6c6cc(-c7ccc(C)cc7)ccc65)cc4-c4nc(-c5ccccc5)nc(-c5ccccc5)n4)c3)c(-c3nc(-c4ccccc4)nc(-c4ccccc4)n3)c2)cc1. The molecule has 0 fully saturated rings. The molecule has 4 aromatic heterocycles. The predicted octanol–water partition coefficient (Wildman–Crippen LogP) is 25.5. The van der Waals surface area contributed by atoms with Crippen LogP contribution in [0.4, 0.5) is 0 Å². The van der Waals surface area contributed by atoms with Crippen molar-refractivity contribution >= 4 is 43.6 Å². The van der Waals surface area contributed by atoms with Gasteiger partial charge in [-0.2, -0.15) is 0 Å². The number of nitrogens with zero attached hydrogens (tertiary/aromatic N) is 8. The van der Waals surface area contributed by atoms with Crippen LogP contribution in [-0.2, 0) is 0 Å². The van der Waals surface area contributed by atoms with Crippen LogP contribution in [0.1, 0.15) is 22.3 Å². The molecule has 0 aliphatic carbocycles. The fourth-order valence-electron chi connectivity index (χ4n) is 15.2. The summed E-state index contributed by atoms with van der Waals surface area (Å²) in [5.74, 6) is 3.36. The third-order valence-corrected chi connectivity index (χ3v) is 21.0. The Kier molecular flexibility index (Phi) is 16.3. The molecule has 0 unspecified atom stereocenters. The lowest BCUT2D eigenvalue weighted by Crippen LogP contribution is -2.03. The maximum Gasteiger partial charge on any atom is 0.164 e. The normalized spacial score (nSPS) is 11.5. The van der Waals surface area contributed by atoms with Crippen LogP contribution in [0.2, 0.25) is 0 Å². The maximum absolute atomic E-state index is 5.50. The van der Waals surface area contributed by atoms with Gasteiger partial charge >= 0.3 is 0 Å². The number of hydrogen-bond acceptors (Lipinski definition) is 6. The Labute approximate surface area is 627 Å². The largest absolute Gasteiger partial charge is 0.309 e. The summed E-state index contributed by atoms with van der Waals surface area (Å²) in [5.41, 5.74) is 29.4. The van der Waals surface area contributed by atoms with Crippen LogP contribution in [0, 0.1) is 27.7 Å². The molecule has 0 saturated carbocycles. The molecule has 4 heterocycles. The van der Waals surface area contributed by atoms with Crippen molar-refractivity contribution in [1.29, 1.82) is 0 Å². The Bertz CT molecular complexity index is 5920. The van der Waals surface area contributed by atoms with E-state index in [4.69, 9.17) is 29.9 Å². The van der Waals surface area contributed by atoms with Crippen molar-refractivity contribution in [3.63, 3.8) is 0 Å². The Morgan fingerprint density at radius 3 is 0.676 bits per heavy atom. The summed E-state index contributed by atoms with van der Waals surface area (Å²) in [4.78, 5) is 32.5. The molecule has 0 radical (unpaired) electrons. The van der Waals surface area contributed by atoms with E-state index in [0.29, 0.717) is 34.9 Å². The molecule has 0 amide bonds. The van der Waals surface area contributed by atoms with Crippen molar-refractivity contribution in [2.45, 2.75) is 27.7 Å². The molecule has 8 heteroatoms. The zero-order valence-electron chi connectivity index (χ0n) is 60.1. The molecule has 19 rings (SSSR count). The molecule has 0 bridgehead atoms. The van der Waals surface area contributed by atoms with Crippen molar-refractivity contribution in [3.8, 4) is 146 Å². The van der Waals surface area contributed by atoms with E-state index in [0.717, 1.165) is 133 Å². The van der Waals surface area contributed by atoms with Gasteiger partial charge in [-0.3, -0.25) is 0 Å². The van der Waals surface area contributed by atoms with E-state index >= 15 is 0 Å². The minimum atomic E-state index is 0.536. The molecule has 19 aromatic rings. The van der Waals surface area contributed by atoms with Crippen LogP contribution in [0.3, 0.4) is 0 Å². The fourth-order valence-corrected chi connectivity index (χ4v) is 15.2. The molecule has 0 saturated heterocycles. The third kappa shape index (κ3) is 12.2. The van der Waals surface area contributed by atoms with Gasteiger partial charge in [-0.05, 0) is 173 Å². The monoisotopic (exact) mass is 1380 g/mol. The topological polar surface area (TPSA) is 87.2 Å². The summed E-state index contributed by atoms with van der Waals surface area (Å²) < 4.78 is 4.81. The first-order valence-electron chi connectivity index (χ1n) is 36.7. The predicted molar refractivity (Wildman–Crippen MR) is 446 cm³/mol. The minimum absolute atomic E-state index is 0.536. The molecule has 0 spiro atoms. The lowest BCUT2D eigenvalue weighted by Gasteiger charge is -2.18. The van der Waals surface area contributed by atoms with Crippen molar-refractivity contribution in [1.82, 2.24) is 39.0 Å². The van der Waals surface area contributed by atoms with Crippen LogP contribution in [0.5, 0.6) is 0 Å². The molecule has 0 N–H and O–H groups in total. The smallest absolute Gasteiger partial charge is 0.164 e. The summed E-state index contributed by atoms with van der Waals surface area (Å²) >= 11 is 0. The Morgan fingerprint density at radius 1 is 0.167 bits per heavy atom. The van der Waals surface area contributed by atoms with Crippen LogP contribution in [-0.4, -0.2) is 39.0 Å². The Hall–Kier alpha value is -14.1. The maximum atomic E-state index is 5.50. The van der Waals surface area contributed by atoms with Gasteiger partial charge in [0.1, 0.15) is 0 Å². The van der Waals surface area contributed by atoms with E-state index in [-0.39, 0.29) is 0 Å². The number of hydrogen-bond donors (Lipinski definition) is 0. The Balaban J connectivity index is 0.838. The molecule has 0 aliphatic heterocycles. The fraction of sp³-hybridized carbons (Fsp3) is 0.0400. The van der Waals surface area contributed by atoms with Crippen molar-refractivity contribution < 1.29 is 0 Å². The minimum Gasteiger partial charge on any atom is -0.309 e. The summed E-state index contributed by atoms with van der Waals surface area (Å²) in [6, 6.07) is 126. The van der Waals surface area contributed by atoms with Crippen molar-refractivity contribution in [2.75, 3.05) is 0 Å². The number of aromatic nitrogens is 8. The van der Waals surface area contributed by atoms with Gasteiger partial charge in [-0.25, -0.2) is 29.9 Å². The highest BCUT2D eigenvalue weighted by Crippen LogP contribution is 2.45. The van der Waals surface area contributed by atoms with Crippen molar-refractivity contribution in [3.05, 3.63) is 374 Å². The van der Waals surface area contributed by atoms with Gasteiger partial charge in [0.05, 0.1) is 22.1 Å². The quantitative estimate of drug-likeness (QED) is 0.108. The van der Waals surface area contributed by atoms with Gasteiger partial charge in [0, 0.05) is 66.3 Å². The lowest BCUT2D eigenvalue weighted by atomic mass is 9.92. The average molecular weight is 1380 g/mol. The first-order chi connectivity index (χ1) is 53.1. The van der Waals surface area contributed by atoms with Gasteiger partial charge in [0.15, 0.2) is 34.9 Å². The van der Waals surface area contributed by atoms with Gasteiger partial charge < -0.3 is 9.13 Å². The zero-order valence-corrected chi connectivity index (χ0v) is 60.1. The average Bonchev–Trinajstić information content (AvgIpc) is 1.55.